The van der Waals surface area contributed by atoms with E-state index in [0.717, 1.165) is 16.9 Å². The summed E-state index contributed by atoms with van der Waals surface area (Å²) in [7, 11) is 0. The molecule has 0 saturated carbocycles. The van der Waals surface area contributed by atoms with Gasteiger partial charge in [-0.1, -0.05) is 12.1 Å². The highest BCUT2D eigenvalue weighted by atomic mass is 16.3. The molecule has 1 aliphatic rings. The van der Waals surface area contributed by atoms with Crippen LogP contribution in [0.1, 0.15) is 23.6 Å². The van der Waals surface area contributed by atoms with Crippen molar-refractivity contribution in [2.45, 2.75) is 12.3 Å². The lowest BCUT2D eigenvalue weighted by atomic mass is 9.90. The van der Waals surface area contributed by atoms with Crippen LogP contribution in [-0.2, 0) is 4.79 Å². The van der Waals surface area contributed by atoms with Gasteiger partial charge in [0.1, 0.15) is 17.9 Å². The Morgan fingerprint density at radius 2 is 2.17 bits per heavy atom. The second kappa shape index (κ2) is 5.24. The number of hydrogen-bond donors (Lipinski definition) is 2. The van der Waals surface area contributed by atoms with Crippen LogP contribution in [0.4, 0.5) is 5.82 Å². The molecule has 1 atom stereocenters. The molecule has 23 heavy (non-hydrogen) atoms. The number of imidazole rings is 1. The van der Waals surface area contributed by atoms with Gasteiger partial charge in [0.2, 0.25) is 5.91 Å². The molecule has 1 amide bonds. The maximum absolute atomic E-state index is 12.1. The summed E-state index contributed by atoms with van der Waals surface area (Å²) in [4.78, 5) is 20.7. The lowest BCUT2D eigenvalue weighted by Crippen LogP contribution is -2.24. The summed E-state index contributed by atoms with van der Waals surface area (Å²) in [5.41, 5.74) is 2.50. The predicted octanol–water partition coefficient (Wildman–Crippen LogP) is 2.45. The van der Waals surface area contributed by atoms with Gasteiger partial charge in [-0.2, -0.15) is 0 Å². The molecular formula is C17H14N4O2. The van der Waals surface area contributed by atoms with E-state index in [-0.39, 0.29) is 17.6 Å². The fourth-order valence-corrected chi connectivity index (χ4v) is 2.92. The lowest BCUT2D eigenvalue weighted by Gasteiger charge is -2.23. The van der Waals surface area contributed by atoms with Crippen LogP contribution >= 0.6 is 0 Å². The van der Waals surface area contributed by atoms with E-state index in [1.807, 2.05) is 22.8 Å². The van der Waals surface area contributed by atoms with Gasteiger partial charge in [0.15, 0.2) is 0 Å². The third kappa shape index (κ3) is 2.34. The fourth-order valence-electron chi connectivity index (χ4n) is 2.92. The van der Waals surface area contributed by atoms with E-state index in [1.54, 1.807) is 36.9 Å². The van der Waals surface area contributed by atoms with Gasteiger partial charge in [-0.05, 0) is 29.8 Å². The van der Waals surface area contributed by atoms with Gasteiger partial charge < -0.3 is 10.4 Å². The number of benzene rings is 1. The third-order valence-electron chi connectivity index (χ3n) is 3.97. The Hall–Kier alpha value is -3.15. The topological polar surface area (TPSA) is 80.0 Å². The first-order valence-electron chi connectivity index (χ1n) is 7.29. The zero-order valence-electron chi connectivity index (χ0n) is 12.2. The predicted molar refractivity (Wildman–Crippen MR) is 84.6 cm³/mol. The Kier molecular flexibility index (Phi) is 3.08. The number of rotatable bonds is 2. The Morgan fingerprint density at radius 3 is 2.96 bits per heavy atom. The molecule has 114 valence electrons. The number of phenols is 1. The third-order valence-corrected chi connectivity index (χ3v) is 3.97. The van der Waals surface area contributed by atoms with Crippen molar-refractivity contribution in [2.24, 2.45) is 0 Å². The van der Waals surface area contributed by atoms with Crippen molar-refractivity contribution in [3.8, 4) is 11.4 Å². The second-order valence-corrected chi connectivity index (χ2v) is 5.46. The van der Waals surface area contributed by atoms with Gasteiger partial charge in [0.05, 0.1) is 17.6 Å². The molecule has 2 N–H and O–H groups in total. The SMILES string of the molecule is O=C1C[C@@H](c2cccc(O)c2)c2ncn(-c3cccnc3)c2N1. The normalized spacial score (nSPS) is 16.7. The first kappa shape index (κ1) is 13.5. The van der Waals surface area contributed by atoms with E-state index in [4.69, 9.17) is 0 Å². The number of phenolic OH excluding ortho intramolecular Hbond substituents is 1. The molecule has 0 aliphatic carbocycles. The molecule has 1 aliphatic heterocycles. The number of amides is 1. The number of aromatic hydroxyl groups is 1. The lowest BCUT2D eigenvalue weighted by molar-refractivity contribution is -0.116. The molecule has 1 aromatic carbocycles. The van der Waals surface area contributed by atoms with Crippen LogP contribution in [0, 0.1) is 0 Å². The van der Waals surface area contributed by atoms with E-state index in [9.17, 15) is 9.90 Å². The average molecular weight is 306 g/mol. The van der Waals surface area contributed by atoms with Gasteiger partial charge >= 0.3 is 0 Å². The van der Waals surface area contributed by atoms with Crippen molar-refractivity contribution in [2.75, 3.05) is 5.32 Å². The number of nitrogens with zero attached hydrogens (tertiary/aromatic N) is 3. The van der Waals surface area contributed by atoms with Gasteiger partial charge in [-0.3, -0.25) is 14.3 Å². The van der Waals surface area contributed by atoms with Crippen LogP contribution in [0.15, 0.2) is 55.1 Å². The van der Waals surface area contributed by atoms with Gasteiger partial charge in [-0.25, -0.2) is 4.98 Å². The minimum Gasteiger partial charge on any atom is -0.508 e. The number of carbonyl (C=O) groups is 1. The highest BCUT2D eigenvalue weighted by Gasteiger charge is 2.31. The number of aromatic nitrogens is 3. The summed E-state index contributed by atoms with van der Waals surface area (Å²) in [6.45, 7) is 0. The van der Waals surface area contributed by atoms with Crippen LogP contribution in [-0.4, -0.2) is 25.5 Å². The van der Waals surface area contributed by atoms with Crippen molar-refractivity contribution >= 4 is 11.7 Å². The fraction of sp³-hybridized carbons (Fsp3) is 0.118. The van der Waals surface area contributed by atoms with Crippen LogP contribution in [0.2, 0.25) is 0 Å². The monoisotopic (exact) mass is 306 g/mol. The quantitative estimate of drug-likeness (QED) is 0.762. The summed E-state index contributed by atoms with van der Waals surface area (Å²) in [5, 5.41) is 12.6. The molecule has 6 nitrogen and oxygen atoms in total. The largest absolute Gasteiger partial charge is 0.508 e. The van der Waals surface area contributed by atoms with E-state index in [2.05, 4.69) is 15.3 Å². The van der Waals surface area contributed by atoms with E-state index in [1.165, 1.54) is 0 Å². The van der Waals surface area contributed by atoms with Crippen molar-refractivity contribution < 1.29 is 9.90 Å². The zero-order valence-corrected chi connectivity index (χ0v) is 12.2. The van der Waals surface area contributed by atoms with Crippen LogP contribution in [0.25, 0.3) is 5.69 Å². The molecule has 0 fully saturated rings. The molecule has 6 heteroatoms. The molecule has 0 spiro atoms. The van der Waals surface area contributed by atoms with Crippen LogP contribution < -0.4 is 5.32 Å². The highest BCUT2D eigenvalue weighted by Crippen LogP contribution is 2.37. The number of nitrogens with one attached hydrogen (secondary N) is 1. The molecule has 3 aromatic rings. The summed E-state index contributed by atoms with van der Waals surface area (Å²) in [6.07, 6.45) is 5.40. The first-order valence-corrected chi connectivity index (χ1v) is 7.29. The van der Waals surface area contributed by atoms with Crippen molar-refractivity contribution in [3.63, 3.8) is 0 Å². The van der Waals surface area contributed by atoms with Crippen molar-refractivity contribution in [3.05, 3.63) is 66.4 Å². The molecular weight excluding hydrogens is 292 g/mol. The Morgan fingerprint density at radius 1 is 1.26 bits per heavy atom. The maximum atomic E-state index is 12.1. The molecule has 2 aromatic heterocycles. The highest BCUT2D eigenvalue weighted by molar-refractivity contribution is 5.94. The molecule has 0 radical (unpaired) electrons. The molecule has 0 saturated heterocycles. The number of fused-ring (bicyclic) bond motifs is 1. The number of anilines is 1. The number of hydrogen-bond acceptors (Lipinski definition) is 4. The van der Waals surface area contributed by atoms with Gasteiger partial charge in [-0.15, -0.1) is 0 Å². The van der Waals surface area contributed by atoms with E-state index in [0.29, 0.717) is 12.2 Å². The van der Waals surface area contributed by atoms with E-state index < -0.39 is 0 Å². The van der Waals surface area contributed by atoms with Crippen molar-refractivity contribution in [1.82, 2.24) is 14.5 Å². The maximum Gasteiger partial charge on any atom is 0.226 e. The molecule has 0 bridgehead atoms. The Balaban J connectivity index is 1.83. The number of carbonyl (C=O) groups excluding carboxylic acids is 1. The minimum atomic E-state index is -0.177. The van der Waals surface area contributed by atoms with E-state index >= 15 is 0 Å². The number of pyridine rings is 1. The van der Waals surface area contributed by atoms with Crippen LogP contribution in [0.3, 0.4) is 0 Å². The molecule has 3 heterocycles. The standard InChI is InChI=1S/C17H14N4O2/c22-13-5-1-3-11(7-13)14-8-15(23)20-17-16(14)19-10-21(17)12-4-2-6-18-9-12/h1-7,9-10,14,22H,8H2,(H,20,23)/t14-/m0/s1. The molecule has 4 rings (SSSR count). The van der Waals surface area contributed by atoms with Gasteiger partial charge in [0.25, 0.3) is 0 Å². The Labute approximate surface area is 132 Å². The minimum absolute atomic E-state index is 0.0727. The first-order chi connectivity index (χ1) is 11.2. The van der Waals surface area contributed by atoms with Crippen molar-refractivity contribution in [1.29, 1.82) is 0 Å². The summed E-state index contributed by atoms with van der Waals surface area (Å²) in [5.74, 6) is 0.588. The average Bonchev–Trinajstić information content (AvgIpc) is 2.98. The summed E-state index contributed by atoms with van der Waals surface area (Å²) in [6, 6.07) is 10.7. The smallest absolute Gasteiger partial charge is 0.226 e. The van der Waals surface area contributed by atoms with Crippen LogP contribution in [0.5, 0.6) is 5.75 Å². The summed E-state index contributed by atoms with van der Waals surface area (Å²) < 4.78 is 1.81. The molecule has 0 unspecified atom stereocenters. The zero-order chi connectivity index (χ0) is 15.8. The second-order valence-electron chi connectivity index (χ2n) is 5.46. The summed E-state index contributed by atoms with van der Waals surface area (Å²) >= 11 is 0. The van der Waals surface area contributed by atoms with Gasteiger partial charge in [0, 0.05) is 18.5 Å². The Bertz CT molecular complexity index is 873.